The average Bonchev–Trinajstić information content (AvgIpc) is 3.47. The van der Waals surface area contributed by atoms with Gasteiger partial charge in [-0.05, 0) is 106 Å². The first kappa shape index (κ1) is 62.2. The first-order valence-corrected chi connectivity index (χ1v) is 26.0. The lowest BCUT2D eigenvalue weighted by molar-refractivity contribution is -0.142. The normalized spacial score (nSPS) is 15.3. The second-order valence-electron chi connectivity index (χ2n) is 19.0. The highest BCUT2D eigenvalue weighted by Crippen LogP contribution is 2.17. The minimum absolute atomic E-state index is 0.00714. The fraction of sp³-hybridized carbons (Fsp3) is 0.460. The van der Waals surface area contributed by atoms with Gasteiger partial charge in [-0.25, -0.2) is 19.6 Å². The molecule has 0 aliphatic carbocycles. The molecule has 0 radical (unpaired) electrons. The van der Waals surface area contributed by atoms with E-state index in [4.69, 9.17) is 29.4 Å². The summed E-state index contributed by atoms with van der Waals surface area (Å²) in [7, 11) is 1.95. The van der Waals surface area contributed by atoms with Crippen LogP contribution in [0.25, 0.3) is 11.2 Å². The number of carboxylic acids is 4. The number of nitrogens with zero attached hydrogens (tertiary/aromatic N) is 7. The summed E-state index contributed by atoms with van der Waals surface area (Å²) in [6, 6.07) is 9.52. The van der Waals surface area contributed by atoms with Gasteiger partial charge in [0, 0.05) is 75.2 Å². The first-order chi connectivity index (χ1) is 38.1. The number of hydrogen-bond acceptors (Lipinski definition) is 18. The van der Waals surface area contributed by atoms with Crippen LogP contribution in [0.15, 0.2) is 64.5 Å². The lowest BCUT2D eigenvalue weighted by Gasteiger charge is -2.31. The lowest BCUT2D eigenvalue weighted by atomic mass is 10.0. The van der Waals surface area contributed by atoms with Gasteiger partial charge in [-0.15, -0.1) is 0 Å². The largest absolute Gasteiger partial charge is 0.480 e. The summed E-state index contributed by atoms with van der Waals surface area (Å²) in [5.41, 5.74) is 18.8. The molecule has 3 heterocycles. The van der Waals surface area contributed by atoms with E-state index in [1.54, 1.807) is 12.1 Å². The number of fused-ring (bicyclic) bond motifs is 1. The molecule has 30 heteroatoms. The fourth-order valence-electron chi connectivity index (χ4n) is 8.49. The average molecular weight is 1130 g/mol. The number of carbonyl (C=O) groups excluding carboxylic acids is 3. The number of aromatic nitrogens is 4. The van der Waals surface area contributed by atoms with Crippen molar-refractivity contribution in [2.24, 2.45) is 16.5 Å². The van der Waals surface area contributed by atoms with Crippen LogP contribution in [0.5, 0.6) is 0 Å². The summed E-state index contributed by atoms with van der Waals surface area (Å²) in [6.45, 7) is 2.80. The van der Waals surface area contributed by atoms with E-state index in [9.17, 15) is 58.8 Å². The number of nitrogens with two attached hydrogens (primary N) is 3. The van der Waals surface area contributed by atoms with E-state index in [1.807, 2.05) is 41.1 Å². The Bertz CT molecular complexity index is 2890. The molecule has 5 rings (SSSR count). The number of likely N-dealkylation sites (N-methyl/N-ethyl adjacent to an activating group) is 1. The van der Waals surface area contributed by atoms with Crippen molar-refractivity contribution in [2.45, 2.75) is 82.1 Å². The maximum Gasteiger partial charge on any atom is 0.326 e. The molecule has 0 spiro atoms. The van der Waals surface area contributed by atoms with Gasteiger partial charge in [0.2, 0.25) is 17.8 Å². The Labute approximate surface area is 464 Å². The van der Waals surface area contributed by atoms with Crippen LogP contribution in [0.1, 0.15) is 66.6 Å². The highest BCUT2D eigenvalue weighted by Gasteiger charge is 2.29. The number of nitrogens with one attached hydrogen (secondary N) is 7. The van der Waals surface area contributed by atoms with Crippen LogP contribution < -0.4 is 54.7 Å². The van der Waals surface area contributed by atoms with Crippen LogP contribution >= 0.6 is 12.2 Å². The summed E-state index contributed by atoms with van der Waals surface area (Å²) < 4.78 is 0. The maximum absolute atomic E-state index is 13.6. The Morgan fingerprint density at radius 3 is 2.10 bits per heavy atom. The molecule has 17 N–H and O–H groups in total. The highest BCUT2D eigenvalue weighted by molar-refractivity contribution is 7.80. The molecule has 1 unspecified atom stereocenters. The molecule has 3 amide bonds. The summed E-state index contributed by atoms with van der Waals surface area (Å²) in [5.74, 6) is -7.19. The second-order valence-corrected chi connectivity index (χ2v) is 19.4. The predicted molar refractivity (Wildman–Crippen MR) is 298 cm³/mol. The molecular formula is C50H69N17O12S. The molecule has 1 aliphatic rings. The number of aliphatic imine (C=N–C) groups is 1. The Balaban J connectivity index is 1.06. The lowest BCUT2D eigenvalue weighted by Crippen LogP contribution is -2.52. The van der Waals surface area contributed by atoms with Gasteiger partial charge in [-0.2, -0.15) is 4.98 Å². The molecule has 1 fully saturated rings. The molecule has 4 aromatic rings. The van der Waals surface area contributed by atoms with Crippen molar-refractivity contribution in [1.29, 1.82) is 0 Å². The SMILES string of the molecule is CN1CCN(CC(=O)O)CCN(CC(=O)O)CC1Cc1ccc(NC(=S)NCCCC[C@H](NC(=O)[C@H](CCCN=C(N)N)NC(=O)CC[C@H](NC(=O)c2ccc(NCc3cnc4nc(N)[nH]c(=O)c4n3)cc2)C(=O)O)C(=O)O)cc1. The zero-order chi connectivity index (χ0) is 58.3. The molecule has 432 valence electrons. The minimum Gasteiger partial charge on any atom is -0.480 e. The number of thiocarbonyl (C=S) groups is 1. The molecule has 29 nitrogen and oxygen atoms in total. The van der Waals surface area contributed by atoms with E-state index in [1.165, 1.54) is 18.3 Å². The topological polar surface area (TPSA) is 444 Å². The number of guanidine groups is 1. The molecule has 1 saturated heterocycles. The van der Waals surface area contributed by atoms with Gasteiger partial charge in [-0.1, -0.05) is 12.1 Å². The molecule has 0 bridgehead atoms. The van der Waals surface area contributed by atoms with Crippen LogP contribution in [-0.4, -0.2) is 198 Å². The van der Waals surface area contributed by atoms with Crippen molar-refractivity contribution in [1.82, 2.24) is 55.9 Å². The van der Waals surface area contributed by atoms with Crippen LogP contribution in [0.3, 0.4) is 0 Å². The molecule has 0 saturated carbocycles. The molecule has 1 aliphatic heterocycles. The van der Waals surface area contributed by atoms with Gasteiger partial charge in [-0.3, -0.25) is 48.5 Å². The third kappa shape index (κ3) is 21.3. The predicted octanol–water partition coefficient (Wildman–Crippen LogP) is -1.24. The molecule has 2 aromatic carbocycles. The fourth-order valence-corrected chi connectivity index (χ4v) is 8.71. The summed E-state index contributed by atoms with van der Waals surface area (Å²) in [6.07, 6.45) is 2.29. The summed E-state index contributed by atoms with van der Waals surface area (Å²) >= 11 is 5.49. The Morgan fingerprint density at radius 1 is 0.787 bits per heavy atom. The van der Waals surface area contributed by atoms with E-state index in [0.29, 0.717) is 80.7 Å². The number of aliphatic carboxylic acids is 4. The van der Waals surface area contributed by atoms with Gasteiger partial charge in [0.05, 0.1) is 31.5 Å². The van der Waals surface area contributed by atoms with Gasteiger partial charge < -0.3 is 74.4 Å². The molecule has 2 aromatic heterocycles. The Morgan fingerprint density at radius 2 is 1.43 bits per heavy atom. The monoisotopic (exact) mass is 1130 g/mol. The van der Waals surface area contributed by atoms with Crippen LogP contribution in [0, 0.1) is 0 Å². The number of benzene rings is 2. The quantitative estimate of drug-likeness (QED) is 0.0131. The number of anilines is 3. The summed E-state index contributed by atoms with van der Waals surface area (Å²) in [4.78, 5) is 124. The van der Waals surface area contributed by atoms with E-state index >= 15 is 0 Å². The van der Waals surface area contributed by atoms with Gasteiger partial charge in [0.1, 0.15) is 18.1 Å². The second kappa shape index (κ2) is 31.1. The number of rotatable bonds is 29. The number of amides is 3. The number of hydrogen-bond donors (Lipinski definition) is 14. The number of unbranched alkanes of at least 4 members (excludes halogenated alkanes) is 1. The zero-order valence-electron chi connectivity index (χ0n) is 44.1. The van der Waals surface area contributed by atoms with E-state index < -0.39 is 71.7 Å². The van der Waals surface area contributed by atoms with Gasteiger partial charge in [0.15, 0.2) is 22.2 Å². The van der Waals surface area contributed by atoms with Crippen LogP contribution in [-0.2, 0) is 41.7 Å². The number of nitrogen functional groups attached to an aromatic ring is 1. The first-order valence-electron chi connectivity index (χ1n) is 25.6. The number of aromatic amines is 1. The molecular weight excluding hydrogens is 1060 g/mol. The molecule has 4 atom stereocenters. The number of H-pyrrole nitrogens is 1. The van der Waals surface area contributed by atoms with E-state index in [-0.39, 0.29) is 86.5 Å². The van der Waals surface area contributed by atoms with Crippen molar-refractivity contribution < 1.29 is 54.0 Å². The smallest absolute Gasteiger partial charge is 0.326 e. The number of carbonyl (C=O) groups is 7. The van der Waals surface area contributed by atoms with Crippen LogP contribution in [0.4, 0.5) is 17.3 Å². The van der Waals surface area contributed by atoms with Gasteiger partial charge >= 0.3 is 23.9 Å². The Kier molecular flexibility index (Phi) is 24.2. The summed E-state index contributed by atoms with van der Waals surface area (Å²) in [5, 5.41) is 55.9. The standard InChI is InChI=1S/C50H69N17O12S/c1-65-19-20-66(27-39(69)70)21-22-67(28-40(71)72)26-34(65)23-29-7-11-32(12-8-29)59-50(80)55-17-3-2-5-36(46(76)77)62-44(74)35(6-4-18-54-48(51)52)60-38(68)16-15-37(47(78)79)61-43(73)30-9-13-31(14-10-30)56-24-33-25-57-42-41(58-33)45(75)64-49(53)63-42/h7-14,25,34-37,56H,2-6,15-24,26-28H2,1H3,(H,60,68)(H,61,73)(H,62,74)(H,69,70)(H,71,72)(H,76,77)(H,78,79)(H4,51,52,54)(H2,55,59,80)(H3,53,57,63,64,75)/t34?,35-,36-,37-/m0/s1. The van der Waals surface area contributed by atoms with Gasteiger partial charge in [0.25, 0.3) is 11.5 Å². The Hall–Kier alpha value is -8.61. The van der Waals surface area contributed by atoms with Crippen molar-refractivity contribution in [2.75, 3.05) is 82.3 Å². The minimum atomic E-state index is -1.51. The molecule has 80 heavy (non-hydrogen) atoms. The highest BCUT2D eigenvalue weighted by atomic mass is 32.1. The third-order valence-corrected chi connectivity index (χ3v) is 13.0. The van der Waals surface area contributed by atoms with E-state index in [2.05, 4.69) is 61.7 Å². The number of carboxylic acid groups (broad SMARTS) is 4. The zero-order valence-corrected chi connectivity index (χ0v) is 44.9. The van der Waals surface area contributed by atoms with Crippen molar-refractivity contribution in [3.63, 3.8) is 0 Å². The van der Waals surface area contributed by atoms with Crippen molar-refractivity contribution >= 4 is 93.4 Å². The maximum atomic E-state index is 13.6. The van der Waals surface area contributed by atoms with Crippen molar-refractivity contribution in [3.05, 3.63) is 81.9 Å². The van der Waals surface area contributed by atoms with E-state index in [0.717, 1.165) is 5.56 Å². The van der Waals surface area contributed by atoms with Crippen LogP contribution in [0.2, 0.25) is 0 Å². The van der Waals surface area contributed by atoms with Crippen molar-refractivity contribution in [3.8, 4) is 0 Å². The third-order valence-electron chi connectivity index (χ3n) is 12.8.